The lowest BCUT2D eigenvalue weighted by atomic mass is 9.98. The molecular formula is C23H27N3O3. The standard InChI is InChI=1S/C23H27N3O3/c1-29-20-6-3-2-5-19(20)25-21(27)17-7-9-18(10-8-17)24-22(28)26-15-4-11-23(12-13-23)14-16-26/h2-3,5-10H,4,11-16H2,1H3,(H,24,28)(H,25,27). The van der Waals surface area contributed by atoms with Crippen molar-refractivity contribution in [3.63, 3.8) is 0 Å². The van der Waals surface area contributed by atoms with E-state index < -0.39 is 0 Å². The monoisotopic (exact) mass is 393 g/mol. The van der Waals surface area contributed by atoms with Crippen LogP contribution in [-0.2, 0) is 0 Å². The van der Waals surface area contributed by atoms with E-state index in [1.54, 1.807) is 43.5 Å². The van der Waals surface area contributed by atoms with Crippen LogP contribution in [0, 0.1) is 5.41 Å². The summed E-state index contributed by atoms with van der Waals surface area (Å²) in [6, 6.07) is 14.1. The van der Waals surface area contributed by atoms with Crippen LogP contribution < -0.4 is 15.4 Å². The van der Waals surface area contributed by atoms with Crippen molar-refractivity contribution in [1.82, 2.24) is 4.90 Å². The Morgan fingerprint density at radius 3 is 2.41 bits per heavy atom. The van der Waals surface area contributed by atoms with E-state index in [-0.39, 0.29) is 11.9 Å². The van der Waals surface area contributed by atoms with Crippen molar-refractivity contribution in [1.29, 1.82) is 0 Å². The largest absolute Gasteiger partial charge is 0.495 e. The molecule has 1 heterocycles. The summed E-state index contributed by atoms with van der Waals surface area (Å²) < 4.78 is 5.26. The second kappa shape index (κ2) is 8.15. The normalized spacial score (nSPS) is 17.3. The Hall–Kier alpha value is -3.02. The molecule has 29 heavy (non-hydrogen) atoms. The zero-order chi connectivity index (χ0) is 20.3. The molecule has 2 aromatic rings. The molecular weight excluding hydrogens is 366 g/mol. The topological polar surface area (TPSA) is 70.7 Å². The molecule has 2 fully saturated rings. The first kappa shape index (κ1) is 19.3. The van der Waals surface area contributed by atoms with Crippen molar-refractivity contribution < 1.29 is 14.3 Å². The Morgan fingerprint density at radius 1 is 0.931 bits per heavy atom. The fourth-order valence-corrected chi connectivity index (χ4v) is 3.98. The van der Waals surface area contributed by atoms with Gasteiger partial charge in [0.05, 0.1) is 12.8 Å². The molecule has 6 heteroatoms. The Balaban J connectivity index is 1.35. The number of anilines is 2. The van der Waals surface area contributed by atoms with Crippen LogP contribution in [0.5, 0.6) is 5.75 Å². The van der Waals surface area contributed by atoms with Gasteiger partial charge in [0, 0.05) is 24.3 Å². The minimum atomic E-state index is -0.227. The molecule has 0 radical (unpaired) electrons. The summed E-state index contributed by atoms with van der Waals surface area (Å²) in [6.45, 7) is 1.64. The lowest BCUT2D eigenvalue weighted by Gasteiger charge is -2.21. The summed E-state index contributed by atoms with van der Waals surface area (Å²) in [6.07, 6.45) is 6.08. The highest BCUT2D eigenvalue weighted by atomic mass is 16.5. The lowest BCUT2D eigenvalue weighted by molar-refractivity contribution is 0.102. The van der Waals surface area contributed by atoms with Gasteiger partial charge in [0.2, 0.25) is 0 Å². The second-order valence-electron chi connectivity index (χ2n) is 8.00. The maximum atomic E-state index is 12.6. The first-order valence-electron chi connectivity index (χ1n) is 10.2. The minimum absolute atomic E-state index is 0.0612. The lowest BCUT2D eigenvalue weighted by Crippen LogP contribution is -2.35. The molecule has 1 aliphatic heterocycles. The predicted molar refractivity (Wildman–Crippen MR) is 113 cm³/mol. The van der Waals surface area contributed by atoms with Crippen LogP contribution in [0.4, 0.5) is 16.2 Å². The van der Waals surface area contributed by atoms with Gasteiger partial charge < -0.3 is 20.3 Å². The van der Waals surface area contributed by atoms with Gasteiger partial charge in [-0.15, -0.1) is 0 Å². The number of carbonyl (C=O) groups is 2. The van der Waals surface area contributed by atoms with E-state index in [4.69, 9.17) is 4.74 Å². The van der Waals surface area contributed by atoms with Crippen molar-refractivity contribution in [3.05, 3.63) is 54.1 Å². The van der Waals surface area contributed by atoms with Gasteiger partial charge in [0.25, 0.3) is 5.91 Å². The molecule has 1 aliphatic carbocycles. The SMILES string of the molecule is COc1ccccc1NC(=O)c1ccc(NC(=O)N2CCCC3(CC2)CC3)cc1. The third-order valence-corrected chi connectivity index (χ3v) is 6.05. The summed E-state index contributed by atoms with van der Waals surface area (Å²) in [5.74, 6) is 0.379. The summed E-state index contributed by atoms with van der Waals surface area (Å²) in [5.41, 5.74) is 2.35. The fraction of sp³-hybridized carbons (Fsp3) is 0.391. The van der Waals surface area contributed by atoms with E-state index in [1.807, 2.05) is 17.0 Å². The first-order valence-corrected chi connectivity index (χ1v) is 10.2. The average molecular weight is 393 g/mol. The Morgan fingerprint density at radius 2 is 1.69 bits per heavy atom. The van der Waals surface area contributed by atoms with Crippen molar-refractivity contribution in [2.24, 2.45) is 5.41 Å². The van der Waals surface area contributed by atoms with Gasteiger partial charge in [-0.25, -0.2) is 4.79 Å². The highest BCUT2D eigenvalue weighted by molar-refractivity contribution is 6.05. The van der Waals surface area contributed by atoms with Crippen LogP contribution in [0.1, 0.15) is 42.5 Å². The van der Waals surface area contributed by atoms with Crippen molar-refractivity contribution in [3.8, 4) is 5.75 Å². The number of hydrogen-bond donors (Lipinski definition) is 2. The van der Waals surface area contributed by atoms with Crippen LogP contribution >= 0.6 is 0 Å². The maximum absolute atomic E-state index is 12.6. The van der Waals surface area contributed by atoms with E-state index >= 15 is 0 Å². The van der Waals surface area contributed by atoms with Crippen LogP contribution in [0.25, 0.3) is 0 Å². The number of amides is 3. The van der Waals surface area contributed by atoms with Gasteiger partial charge in [-0.1, -0.05) is 12.1 Å². The van der Waals surface area contributed by atoms with E-state index in [0.29, 0.717) is 28.1 Å². The highest BCUT2D eigenvalue weighted by Gasteiger charge is 2.43. The number of nitrogens with zero attached hydrogens (tertiary/aromatic N) is 1. The smallest absolute Gasteiger partial charge is 0.321 e. The quantitative estimate of drug-likeness (QED) is 0.788. The average Bonchev–Trinajstić information content (AvgIpc) is 3.54. The third kappa shape index (κ3) is 4.53. The summed E-state index contributed by atoms with van der Waals surface area (Å²) >= 11 is 0. The zero-order valence-electron chi connectivity index (χ0n) is 16.7. The van der Waals surface area contributed by atoms with Gasteiger partial charge in [0.1, 0.15) is 5.75 Å². The molecule has 2 aromatic carbocycles. The predicted octanol–water partition coefficient (Wildman–Crippen LogP) is 4.75. The Bertz CT molecular complexity index is 890. The zero-order valence-corrected chi connectivity index (χ0v) is 16.7. The van der Waals surface area contributed by atoms with Crippen LogP contribution in [0.2, 0.25) is 0 Å². The molecule has 4 rings (SSSR count). The van der Waals surface area contributed by atoms with Crippen molar-refractivity contribution in [2.45, 2.75) is 32.1 Å². The molecule has 6 nitrogen and oxygen atoms in total. The van der Waals surface area contributed by atoms with E-state index in [1.165, 1.54) is 19.3 Å². The number of benzene rings is 2. The molecule has 0 atom stereocenters. The number of nitrogens with one attached hydrogen (secondary N) is 2. The number of rotatable bonds is 4. The number of urea groups is 1. The first-order chi connectivity index (χ1) is 14.1. The summed E-state index contributed by atoms with van der Waals surface area (Å²) in [4.78, 5) is 27.0. The number of para-hydroxylation sites is 2. The van der Waals surface area contributed by atoms with Gasteiger partial charge in [0.15, 0.2) is 0 Å². The molecule has 1 saturated heterocycles. The van der Waals surface area contributed by atoms with Crippen LogP contribution in [0.15, 0.2) is 48.5 Å². The number of methoxy groups -OCH3 is 1. The number of likely N-dealkylation sites (tertiary alicyclic amines) is 1. The number of hydrogen-bond acceptors (Lipinski definition) is 3. The van der Waals surface area contributed by atoms with E-state index in [0.717, 1.165) is 25.9 Å². The van der Waals surface area contributed by atoms with Gasteiger partial charge in [-0.3, -0.25) is 4.79 Å². The molecule has 152 valence electrons. The summed E-state index contributed by atoms with van der Waals surface area (Å²) in [5, 5.41) is 5.81. The molecule has 3 amide bonds. The number of ether oxygens (including phenoxy) is 1. The molecule has 1 saturated carbocycles. The molecule has 2 N–H and O–H groups in total. The molecule has 0 bridgehead atoms. The molecule has 0 unspecified atom stereocenters. The van der Waals surface area contributed by atoms with Gasteiger partial charge >= 0.3 is 6.03 Å². The number of carbonyl (C=O) groups excluding carboxylic acids is 2. The molecule has 2 aliphatic rings. The maximum Gasteiger partial charge on any atom is 0.321 e. The van der Waals surface area contributed by atoms with Gasteiger partial charge in [-0.05, 0) is 73.9 Å². The molecule has 0 aromatic heterocycles. The minimum Gasteiger partial charge on any atom is -0.495 e. The van der Waals surface area contributed by atoms with E-state index in [9.17, 15) is 9.59 Å². The highest BCUT2D eigenvalue weighted by Crippen LogP contribution is 2.53. The van der Waals surface area contributed by atoms with Gasteiger partial charge in [-0.2, -0.15) is 0 Å². The van der Waals surface area contributed by atoms with E-state index in [2.05, 4.69) is 10.6 Å². The third-order valence-electron chi connectivity index (χ3n) is 6.05. The van der Waals surface area contributed by atoms with Crippen molar-refractivity contribution >= 4 is 23.3 Å². The van der Waals surface area contributed by atoms with Crippen LogP contribution in [-0.4, -0.2) is 37.0 Å². The molecule has 1 spiro atoms. The summed E-state index contributed by atoms with van der Waals surface area (Å²) in [7, 11) is 1.57. The van der Waals surface area contributed by atoms with Crippen LogP contribution in [0.3, 0.4) is 0 Å². The Labute approximate surface area is 171 Å². The second-order valence-corrected chi connectivity index (χ2v) is 8.00. The Kier molecular flexibility index (Phi) is 5.43. The fourth-order valence-electron chi connectivity index (χ4n) is 3.98. The van der Waals surface area contributed by atoms with Crippen molar-refractivity contribution in [2.75, 3.05) is 30.8 Å².